The maximum absolute atomic E-state index is 13.3. The highest BCUT2D eigenvalue weighted by atomic mass is 35.5. The quantitative estimate of drug-likeness (QED) is 0.746. The number of nitrogen functional groups attached to an aromatic ring is 1. The third-order valence-electron chi connectivity index (χ3n) is 2.92. The van der Waals surface area contributed by atoms with Gasteiger partial charge < -0.3 is 5.73 Å². The third-order valence-corrected chi connectivity index (χ3v) is 3.32. The number of nitriles is 1. The predicted octanol–water partition coefficient (Wildman–Crippen LogP) is 3.08. The minimum atomic E-state index is -0.504. The van der Waals surface area contributed by atoms with Crippen molar-refractivity contribution < 1.29 is 4.39 Å². The lowest BCUT2D eigenvalue weighted by Gasteiger charge is -2.32. The molecule has 0 unspecified atom stereocenters. The Kier molecular flexibility index (Phi) is 2.54. The number of hydrogen-bond donors (Lipinski definition) is 1. The van der Waals surface area contributed by atoms with E-state index in [-0.39, 0.29) is 16.9 Å². The highest BCUT2D eigenvalue weighted by Crippen LogP contribution is 2.45. The predicted molar refractivity (Wildman–Crippen MR) is 56.9 cm³/mol. The molecular weight excluding hydrogens is 215 g/mol. The van der Waals surface area contributed by atoms with Crippen molar-refractivity contribution >= 4 is 17.3 Å². The van der Waals surface area contributed by atoms with E-state index in [0.29, 0.717) is 11.3 Å². The van der Waals surface area contributed by atoms with Crippen LogP contribution in [-0.4, -0.2) is 0 Å². The molecule has 0 spiro atoms. The van der Waals surface area contributed by atoms with Gasteiger partial charge in [0, 0.05) is 11.6 Å². The van der Waals surface area contributed by atoms with Crippen molar-refractivity contribution in [3.8, 4) is 6.07 Å². The van der Waals surface area contributed by atoms with E-state index < -0.39 is 5.82 Å². The van der Waals surface area contributed by atoms with Crippen molar-refractivity contribution in [1.82, 2.24) is 0 Å². The summed E-state index contributed by atoms with van der Waals surface area (Å²) in [7, 11) is 0. The molecule has 1 aromatic rings. The lowest BCUT2D eigenvalue weighted by Crippen LogP contribution is -2.22. The van der Waals surface area contributed by atoms with Crippen LogP contribution in [-0.2, 0) is 0 Å². The molecule has 2 atom stereocenters. The van der Waals surface area contributed by atoms with Crippen molar-refractivity contribution in [2.24, 2.45) is 5.92 Å². The summed E-state index contributed by atoms with van der Waals surface area (Å²) in [5.41, 5.74) is 6.58. The van der Waals surface area contributed by atoms with Crippen LogP contribution in [0.2, 0.25) is 5.02 Å². The number of anilines is 1. The Morgan fingerprint density at radius 3 is 2.73 bits per heavy atom. The highest BCUT2D eigenvalue weighted by Gasteiger charge is 2.34. The number of nitrogens with zero attached hydrogens (tertiary/aromatic N) is 1. The van der Waals surface area contributed by atoms with Crippen LogP contribution in [0.4, 0.5) is 10.1 Å². The normalized spacial score (nSPS) is 24.3. The van der Waals surface area contributed by atoms with E-state index in [1.54, 1.807) is 6.07 Å². The second-order valence-corrected chi connectivity index (χ2v) is 4.20. The largest absolute Gasteiger partial charge is 0.399 e. The van der Waals surface area contributed by atoms with Gasteiger partial charge in [0.15, 0.2) is 0 Å². The van der Waals surface area contributed by atoms with Gasteiger partial charge in [-0.05, 0) is 30.5 Å². The second kappa shape index (κ2) is 3.71. The zero-order valence-electron chi connectivity index (χ0n) is 8.00. The molecule has 0 saturated heterocycles. The fourth-order valence-electron chi connectivity index (χ4n) is 1.93. The van der Waals surface area contributed by atoms with Gasteiger partial charge in [-0.15, -0.1) is 0 Å². The van der Waals surface area contributed by atoms with Gasteiger partial charge in [-0.1, -0.05) is 11.6 Å². The summed E-state index contributed by atoms with van der Waals surface area (Å²) in [4.78, 5) is 0. The summed E-state index contributed by atoms with van der Waals surface area (Å²) < 4.78 is 13.3. The molecule has 2 N–H and O–H groups in total. The molecule has 4 heteroatoms. The molecule has 1 aromatic carbocycles. The molecule has 15 heavy (non-hydrogen) atoms. The van der Waals surface area contributed by atoms with Gasteiger partial charge in [0.2, 0.25) is 0 Å². The summed E-state index contributed by atoms with van der Waals surface area (Å²) >= 11 is 5.86. The van der Waals surface area contributed by atoms with Crippen LogP contribution in [0.5, 0.6) is 0 Å². The Balaban J connectivity index is 2.40. The third kappa shape index (κ3) is 1.66. The number of nitrogens with two attached hydrogens (primary N) is 1. The Morgan fingerprint density at radius 2 is 2.20 bits per heavy atom. The monoisotopic (exact) mass is 224 g/mol. The Morgan fingerprint density at radius 1 is 1.47 bits per heavy atom. The molecule has 2 rings (SSSR count). The lowest BCUT2D eigenvalue weighted by molar-refractivity contribution is 0.324. The van der Waals surface area contributed by atoms with Crippen LogP contribution in [0.1, 0.15) is 24.3 Å². The van der Waals surface area contributed by atoms with E-state index in [9.17, 15) is 4.39 Å². The first-order valence-electron chi connectivity index (χ1n) is 4.77. The molecular formula is C11H10ClFN2. The van der Waals surface area contributed by atoms with Crippen molar-refractivity contribution in [3.63, 3.8) is 0 Å². The minimum absolute atomic E-state index is 0.0421. The van der Waals surface area contributed by atoms with Gasteiger partial charge in [0.1, 0.15) is 5.82 Å². The van der Waals surface area contributed by atoms with Crippen molar-refractivity contribution in [3.05, 3.63) is 28.5 Å². The van der Waals surface area contributed by atoms with Gasteiger partial charge >= 0.3 is 0 Å². The average molecular weight is 225 g/mol. The van der Waals surface area contributed by atoms with E-state index in [1.807, 2.05) is 0 Å². The van der Waals surface area contributed by atoms with Crippen molar-refractivity contribution in [2.45, 2.75) is 18.8 Å². The zero-order valence-corrected chi connectivity index (χ0v) is 8.76. The van der Waals surface area contributed by atoms with E-state index in [2.05, 4.69) is 6.07 Å². The minimum Gasteiger partial charge on any atom is -0.399 e. The molecule has 2 nitrogen and oxygen atoms in total. The number of halogens is 2. The Labute approximate surface area is 92.5 Å². The molecule has 0 heterocycles. The van der Waals surface area contributed by atoms with Gasteiger partial charge in [0.25, 0.3) is 0 Å². The van der Waals surface area contributed by atoms with Gasteiger partial charge in [-0.3, -0.25) is 0 Å². The SMILES string of the molecule is N#C[C@@H]1CC[C@@H]1c1cc(N)cc(F)c1Cl. The molecule has 1 aliphatic carbocycles. The van der Waals surface area contributed by atoms with Crippen LogP contribution < -0.4 is 5.73 Å². The molecule has 1 saturated carbocycles. The highest BCUT2D eigenvalue weighted by molar-refractivity contribution is 6.31. The van der Waals surface area contributed by atoms with E-state index in [4.69, 9.17) is 22.6 Å². The van der Waals surface area contributed by atoms with Crippen LogP contribution in [0, 0.1) is 23.1 Å². The summed E-state index contributed by atoms with van der Waals surface area (Å²) in [6.07, 6.45) is 1.73. The summed E-state index contributed by atoms with van der Waals surface area (Å²) in [5, 5.41) is 8.93. The summed E-state index contributed by atoms with van der Waals surface area (Å²) in [5.74, 6) is -0.514. The van der Waals surface area contributed by atoms with Gasteiger partial charge in [-0.2, -0.15) is 5.26 Å². The molecule has 0 aliphatic heterocycles. The van der Waals surface area contributed by atoms with Crippen LogP contribution in [0.25, 0.3) is 0 Å². The fourth-order valence-corrected chi connectivity index (χ4v) is 2.18. The van der Waals surface area contributed by atoms with E-state index >= 15 is 0 Å². The fraction of sp³-hybridized carbons (Fsp3) is 0.364. The van der Waals surface area contributed by atoms with Crippen molar-refractivity contribution in [2.75, 3.05) is 5.73 Å². The van der Waals surface area contributed by atoms with E-state index in [1.165, 1.54) is 6.07 Å². The maximum atomic E-state index is 13.3. The number of benzene rings is 1. The van der Waals surface area contributed by atoms with Crippen LogP contribution in [0.3, 0.4) is 0 Å². The Bertz CT molecular complexity index is 439. The first-order valence-corrected chi connectivity index (χ1v) is 5.15. The maximum Gasteiger partial charge on any atom is 0.144 e. The van der Waals surface area contributed by atoms with Gasteiger partial charge in [-0.25, -0.2) is 4.39 Å². The smallest absolute Gasteiger partial charge is 0.144 e. The summed E-state index contributed by atoms with van der Waals surface area (Å²) in [6.45, 7) is 0. The molecule has 0 amide bonds. The molecule has 0 radical (unpaired) electrons. The first kappa shape index (κ1) is 10.3. The number of rotatable bonds is 1. The average Bonchev–Trinajstić information content (AvgIpc) is 2.12. The van der Waals surface area contributed by atoms with Crippen LogP contribution in [0.15, 0.2) is 12.1 Å². The molecule has 0 aromatic heterocycles. The second-order valence-electron chi connectivity index (χ2n) is 3.83. The van der Waals surface area contributed by atoms with Crippen molar-refractivity contribution in [1.29, 1.82) is 5.26 Å². The standard InChI is InChI=1S/C11H10ClFN2/c12-11-9(3-7(15)4-10(11)13)8-2-1-6(8)5-14/h3-4,6,8H,1-2,15H2/t6-,8-/m0/s1. The topological polar surface area (TPSA) is 49.8 Å². The summed E-state index contributed by atoms with van der Waals surface area (Å²) in [6, 6.07) is 5.06. The van der Waals surface area contributed by atoms with E-state index in [0.717, 1.165) is 12.8 Å². The van der Waals surface area contributed by atoms with Crippen LogP contribution >= 0.6 is 11.6 Å². The lowest BCUT2D eigenvalue weighted by atomic mass is 9.71. The molecule has 1 aliphatic rings. The van der Waals surface area contributed by atoms with Gasteiger partial charge in [0.05, 0.1) is 17.0 Å². The molecule has 0 bridgehead atoms. The molecule has 78 valence electrons. The number of hydrogen-bond acceptors (Lipinski definition) is 2. The molecule has 1 fully saturated rings. The zero-order chi connectivity index (χ0) is 11.0. The Hall–Kier alpha value is -1.27. The first-order chi connectivity index (χ1) is 7.13.